The molecule has 1 rings (SSSR count). The van der Waals surface area contributed by atoms with E-state index >= 15 is 0 Å². The van der Waals surface area contributed by atoms with E-state index in [-0.39, 0.29) is 0 Å². The summed E-state index contributed by atoms with van der Waals surface area (Å²) in [6.07, 6.45) is 4.27. The number of nitrogens with zero attached hydrogens (tertiary/aromatic N) is 2. The van der Waals surface area contributed by atoms with Gasteiger partial charge in [0.1, 0.15) is 17.5 Å². The van der Waals surface area contributed by atoms with Gasteiger partial charge in [-0.15, -0.1) is 0 Å². The monoisotopic (exact) mass is 250 g/mol. The van der Waals surface area contributed by atoms with Crippen LogP contribution in [0.3, 0.4) is 0 Å². The van der Waals surface area contributed by atoms with E-state index in [1.165, 1.54) is 6.42 Å². The normalized spacial score (nSPS) is 12.7. The summed E-state index contributed by atoms with van der Waals surface area (Å²) < 4.78 is 0. The molecule has 0 bridgehead atoms. The summed E-state index contributed by atoms with van der Waals surface area (Å²) in [5, 5.41) is 3.41. The zero-order valence-corrected chi connectivity index (χ0v) is 12.0. The van der Waals surface area contributed by atoms with Gasteiger partial charge in [0, 0.05) is 18.5 Å². The molecular weight excluding hydrogens is 224 g/mol. The predicted molar refractivity (Wildman–Crippen MR) is 77.6 cm³/mol. The maximum absolute atomic E-state index is 5.80. The highest BCUT2D eigenvalue weighted by Crippen LogP contribution is 2.14. The largest absolute Gasteiger partial charge is 0.384 e. The Morgan fingerprint density at radius 3 is 2.56 bits per heavy atom. The van der Waals surface area contributed by atoms with Crippen molar-refractivity contribution in [1.29, 1.82) is 0 Å². The van der Waals surface area contributed by atoms with Crippen LogP contribution >= 0.6 is 0 Å². The average Bonchev–Trinajstić information content (AvgIpc) is 2.26. The lowest BCUT2D eigenvalue weighted by Gasteiger charge is -2.16. The number of nitrogens with one attached hydrogen (secondary N) is 1. The average molecular weight is 250 g/mol. The van der Waals surface area contributed by atoms with Gasteiger partial charge in [0.2, 0.25) is 0 Å². The molecule has 0 aromatic carbocycles. The highest BCUT2D eigenvalue weighted by molar-refractivity contribution is 5.45. The van der Waals surface area contributed by atoms with E-state index in [0.717, 1.165) is 36.8 Å². The third kappa shape index (κ3) is 5.34. The molecule has 0 saturated heterocycles. The molecule has 0 fully saturated rings. The van der Waals surface area contributed by atoms with Gasteiger partial charge in [-0.05, 0) is 32.1 Å². The number of anilines is 2. The van der Waals surface area contributed by atoms with E-state index in [4.69, 9.17) is 5.73 Å². The Hall–Kier alpha value is -1.32. The molecule has 18 heavy (non-hydrogen) atoms. The minimum Gasteiger partial charge on any atom is -0.384 e. The zero-order chi connectivity index (χ0) is 13.5. The first-order valence-electron chi connectivity index (χ1n) is 6.91. The Balaban J connectivity index is 2.60. The minimum atomic E-state index is 0.413. The molecule has 0 radical (unpaired) electrons. The number of hydrogen-bond donors (Lipinski definition) is 2. The van der Waals surface area contributed by atoms with Gasteiger partial charge in [-0.25, -0.2) is 9.97 Å². The topological polar surface area (TPSA) is 63.8 Å². The molecule has 3 N–H and O–H groups in total. The Bertz CT molecular complexity index is 363. The third-order valence-electron chi connectivity index (χ3n) is 2.84. The fourth-order valence-corrected chi connectivity index (χ4v) is 1.83. The van der Waals surface area contributed by atoms with Crippen LogP contribution in [0.15, 0.2) is 6.07 Å². The van der Waals surface area contributed by atoms with Crippen LogP contribution in [-0.2, 0) is 6.42 Å². The van der Waals surface area contributed by atoms with Crippen molar-refractivity contribution in [2.45, 2.75) is 59.4 Å². The smallest absolute Gasteiger partial charge is 0.133 e. The van der Waals surface area contributed by atoms with Crippen molar-refractivity contribution in [3.63, 3.8) is 0 Å². The first kappa shape index (κ1) is 14.7. The molecule has 0 aliphatic heterocycles. The summed E-state index contributed by atoms with van der Waals surface area (Å²) in [6.45, 7) is 8.79. The molecule has 0 spiro atoms. The highest BCUT2D eigenvalue weighted by atomic mass is 15.1. The van der Waals surface area contributed by atoms with Gasteiger partial charge in [0.15, 0.2) is 0 Å². The van der Waals surface area contributed by atoms with E-state index in [9.17, 15) is 0 Å². The van der Waals surface area contributed by atoms with Crippen molar-refractivity contribution < 1.29 is 0 Å². The second-order valence-electron chi connectivity index (χ2n) is 5.36. The molecule has 102 valence electrons. The molecule has 0 amide bonds. The molecule has 0 saturated carbocycles. The van der Waals surface area contributed by atoms with Crippen LogP contribution in [0.25, 0.3) is 0 Å². The summed E-state index contributed by atoms with van der Waals surface area (Å²) in [5.41, 5.74) is 5.80. The molecule has 1 aromatic heterocycles. The second-order valence-corrected chi connectivity index (χ2v) is 5.36. The van der Waals surface area contributed by atoms with Crippen LogP contribution in [0.1, 0.15) is 52.8 Å². The second kappa shape index (κ2) is 7.19. The van der Waals surface area contributed by atoms with Gasteiger partial charge in [0.25, 0.3) is 0 Å². The molecule has 4 heteroatoms. The number of hydrogen-bond acceptors (Lipinski definition) is 4. The molecule has 1 unspecified atom stereocenters. The number of aromatic nitrogens is 2. The fraction of sp³-hybridized carbons (Fsp3) is 0.714. The Morgan fingerprint density at radius 1 is 1.22 bits per heavy atom. The standard InChI is InChI=1S/C14H26N4/c1-5-6-13-17-12(15)9-14(18-13)16-11(4)8-7-10(2)3/h9-11H,5-8H2,1-4H3,(H3,15,16,17,18). The van der Waals surface area contributed by atoms with Crippen molar-refractivity contribution in [2.24, 2.45) is 5.92 Å². The van der Waals surface area contributed by atoms with E-state index in [1.807, 2.05) is 6.07 Å². The Labute approximate surface area is 110 Å². The van der Waals surface area contributed by atoms with Crippen molar-refractivity contribution in [2.75, 3.05) is 11.1 Å². The molecule has 1 atom stereocenters. The third-order valence-corrected chi connectivity index (χ3v) is 2.84. The summed E-state index contributed by atoms with van der Waals surface area (Å²) >= 11 is 0. The lowest BCUT2D eigenvalue weighted by Crippen LogP contribution is -2.17. The molecule has 1 aromatic rings. The molecule has 1 heterocycles. The van der Waals surface area contributed by atoms with E-state index in [0.29, 0.717) is 11.9 Å². The number of rotatable bonds is 7. The van der Waals surface area contributed by atoms with Crippen LogP contribution in [0.2, 0.25) is 0 Å². The molecular formula is C14H26N4. The first-order valence-corrected chi connectivity index (χ1v) is 6.91. The molecule has 0 aliphatic carbocycles. The maximum atomic E-state index is 5.80. The van der Waals surface area contributed by atoms with E-state index in [1.54, 1.807) is 0 Å². The quantitative estimate of drug-likeness (QED) is 0.779. The van der Waals surface area contributed by atoms with Crippen LogP contribution in [0.5, 0.6) is 0 Å². The fourth-order valence-electron chi connectivity index (χ4n) is 1.83. The van der Waals surface area contributed by atoms with Crippen molar-refractivity contribution in [1.82, 2.24) is 9.97 Å². The summed E-state index contributed by atoms with van der Waals surface area (Å²) in [6, 6.07) is 2.22. The zero-order valence-electron chi connectivity index (χ0n) is 12.0. The SMILES string of the molecule is CCCc1nc(N)cc(NC(C)CCC(C)C)n1. The van der Waals surface area contributed by atoms with Crippen molar-refractivity contribution >= 4 is 11.6 Å². The van der Waals surface area contributed by atoms with Crippen LogP contribution in [0, 0.1) is 5.92 Å². The van der Waals surface area contributed by atoms with E-state index in [2.05, 4.69) is 43.0 Å². The van der Waals surface area contributed by atoms with Gasteiger partial charge in [0.05, 0.1) is 0 Å². The van der Waals surface area contributed by atoms with E-state index < -0.39 is 0 Å². The van der Waals surface area contributed by atoms with Crippen molar-refractivity contribution in [3.8, 4) is 0 Å². The molecule has 4 nitrogen and oxygen atoms in total. The molecule has 0 aliphatic rings. The van der Waals surface area contributed by atoms with Gasteiger partial charge >= 0.3 is 0 Å². The van der Waals surface area contributed by atoms with Crippen LogP contribution in [0.4, 0.5) is 11.6 Å². The van der Waals surface area contributed by atoms with Gasteiger partial charge in [-0.1, -0.05) is 20.8 Å². The van der Waals surface area contributed by atoms with Crippen LogP contribution in [-0.4, -0.2) is 16.0 Å². The number of nitrogen functional groups attached to an aromatic ring is 1. The Kier molecular flexibility index (Phi) is 5.89. The van der Waals surface area contributed by atoms with Gasteiger partial charge in [-0.3, -0.25) is 0 Å². The number of nitrogens with two attached hydrogens (primary N) is 1. The summed E-state index contributed by atoms with van der Waals surface area (Å²) in [5.74, 6) is 2.96. The van der Waals surface area contributed by atoms with Gasteiger partial charge < -0.3 is 11.1 Å². The van der Waals surface area contributed by atoms with Crippen molar-refractivity contribution in [3.05, 3.63) is 11.9 Å². The predicted octanol–water partition coefficient (Wildman–Crippen LogP) is 3.25. The summed E-state index contributed by atoms with van der Waals surface area (Å²) in [4.78, 5) is 8.72. The van der Waals surface area contributed by atoms with Gasteiger partial charge in [-0.2, -0.15) is 0 Å². The lowest BCUT2D eigenvalue weighted by molar-refractivity contribution is 0.527. The summed E-state index contributed by atoms with van der Waals surface area (Å²) in [7, 11) is 0. The first-order chi connectivity index (χ1) is 8.51. The lowest BCUT2D eigenvalue weighted by atomic mass is 10.0. The van der Waals surface area contributed by atoms with Crippen LogP contribution < -0.4 is 11.1 Å². The maximum Gasteiger partial charge on any atom is 0.133 e. The number of aryl methyl sites for hydroxylation is 1. The highest BCUT2D eigenvalue weighted by Gasteiger charge is 2.07. The Morgan fingerprint density at radius 2 is 1.94 bits per heavy atom. The minimum absolute atomic E-state index is 0.413.